The molecule has 0 spiro atoms. The van der Waals surface area contributed by atoms with Gasteiger partial charge in [0.1, 0.15) is 0 Å². The summed E-state index contributed by atoms with van der Waals surface area (Å²) in [5, 5.41) is 9.62. The van der Waals surface area contributed by atoms with Crippen LogP contribution in [0.1, 0.15) is 11.7 Å². The summed E-state index contributed by atoms with van der Waals surface area (Å²) in [4.78, 5) is 11.7. The maximum atomic E-state index is 10.3. The lowest BCUT2D eigenvalue weighted by Gasteiger charge is -2.16. The summed E-state index contributed by atoms with van der Waals surface area (Å²) in [6.07, 6.45) is 0.1000. The number of aliphatic hydroxyl groups is 1. The van der Waals surface area contributed by atoms with Crippen molar-refractivity contribution in [3.05, 3.63) is 35.9 Å². The fourth-order valence-corrected chi connectivity index (χ4v) is 1.10. The second kappa shape index (κ2) is 4.62. The van der Waals surface area contributed by atoms with Gasteiger partial charge in [0.15, 0.2) is 0 Å². The van der Waals surface area contributed by atoms with Crippen molar-refractivity contribution in [1.82, 2.24) is 4.90 Å². The predicted molar refractivity (Wildman–Crippen MR) is 50.1 cm³/mol. The van der Waals surface area contributed by atoms with Crippen LogP contribution < -0.4 is 0 Å². The summed E-state index contributed by atoms with van der Waals surface area (Å²) in [7, 11) is 1.64. The van der Waals surface area contributed by atoms with Crippen LogP contribution in [0, 0.1) is 0 Å². The number of likely N-dealkylation sites (N-methyl/N-ethyl adjacent to an activating group) is 1. The lowest BCUT2D eigenvalue weighted by Crippen LogP contribution is -2.22. The molecule has 0 bridgehead atoms. The van der Waals surface area contributed by atoms with Crippen LogP contribution in [0.3, 0.4) is 0 Å². The number of carbonyl (C=O) groups excluding carboxylic acids is 1. The molecule has 1 atom stereocenters. The topological polar surface area (TPSA) is 40.5 Å². The van der Waals surface area contributed by atoms with E-state index < -0.39 is 6.10 Å². The number of aliphatic hydroxyl groups excluding tert-OH is 1. The minimum atomic E-state index is -0.601. The number of carbonyl (C=O) groups is 1. The molecule has 3 heteroatoms. The molecule has 1 aromatic rings. The van der Waals surface area contributed by atoms with Gasteiger partial charge in [0.2, 0.25) is 6.41 Å². The number of nitrogens with zero attached hydrogens (tertiary/aromatic N) is 1. The van der Waals surface area contributed by atoms with Crippen LogP contribution in [0.5, 0.6) is 0 Å². The Morgan fingerprint density at radius 2 is 2.08 bits per heavy atom. The van der Waals surface area contributed by atoms with E-state index in [1.54, 1.807) is 7.05 Å². The average molecular weight is 179 g/mol. The molecule has 0 aliphatic rings. The van der Waals surface area contributed by atoms with Crippen LogP contribution in [0.25, 0.3) is 0 Å². The highest BCUT2D eigenvalue weighted by molar-refractivity contribution is 5.46. The van der Waals surface area contributed by atoms with E-state index in [0.717, 1.165) is 5.56 Å². The molecule has 13 heavy (non-hydrogen) atoms. The van der Waals surface area contributed by atoms with Gasteiger partial charge in [0, 0.05) is 7.05 Å². The summed E-state index contributed by atoms with van der Waals surface area (Å²) < 4.78 is 0. The van der Waals surface area contributed by atoms with Crippen molar-refractivity contribution in [1.29, 1.82) is 0 Å². The van der Waals surface area contributed by atoms with Crippen molar-refractivity contribution < 1.29 is 9.90 Å². The van der Waals surface area contributed by atoms with Gasteiger partial charge in [-0.25, -0.2) is 0 Å². The first-order chi connectivity index (χ1) is 6.24. The maximum Gasteiger partial charge on any atom is 0.209 e. The minimum Gasteiger partial charge on any atom is -0.387 e. The molecule has 1 amide bonds. The molecule has 0 saturated heterocycles. The van der Waals surface area contributed by atoms with Crippen molar-refractivity contribution in [2.75, 3.05) is 13.6 Å². The molecule has 0 saturated carbocycles. The Hall–Kier alpha value is -1.35. The van der Waals surface area contributed by atoms with Gasteiger partial charge in [-0.15, -0.1) is 0 Å². The number of rotatable bonds is 4. The van der Waals surface area contributed by atoms with Crippen molar-refractivity contribution in [3.8, 4) is 0 Å². The monoisotopic (exact) mass is 179 g/mol. The molecule has 1 N–H and O–H groups in total. The van der Waals surface area contributed by atoms with Crippen LogP contribution >= 0.6 is 0 Å². The molecule has 1 rings (SSSR count). The van der Waals surface area contributed by atoms with Crippen LogP contribution in [-0.4, -0.2) is 30.0 Å². The van der Waals surface area contributed by atoms with E-state index in [4.69, 9.17) is 0 Å². The minimum absolute atomic E-state index is 0.327. The van der Waals surface area contributed by atoms with Crippen LogP contribution in [-0.2, 0) is 4.79 Å². The predicted octanol–water partition coefficient (Wildman–Crippen LogP) is 0.808. The van der Waals surface area contributed by atoms with E-state index in [2.05, 4.69) is 0 Å². The highest BCUT2D eigenvalue weighted by Crippen LogP contribution is 2.11. The first kappa shape index (κ1) is 9.74. The average Bonchev–Trinajstić information content (AvgIpc) is 2.19. The fraction of sp³-hybridized carbons (Fsp3) is 0.300. The molecule has 0 heterocycles. The van der Waals surface area contributed by atoms with Gasteiger partial charge in [-0.2, -0.15) is 0 Å². The molecule has 1 aromatic carbocycles. The summed E-state index contributed by atoms with van der Waals surface area (Å²) in [6.45, 7) is 0.327. The Balaban J connectivity index is 2.58. The van der Waals surface area contributed by atoms with E-state index in [1.165, 1.54) is 4.90 Å². The van der Waals surface area contributed by atoms with Gasteiger partial charge >= 0.3 is 0 Å². The molecular formula is C10H13NO2. The van der Waals surface area contributed by atoms with Gasteiger partial charge in [-0.05, 0) is 5.56 Å². The largest absolute Gasteiger partial charge is 0.387 e. The normalized spacial score (nSPS) is 12.2. The fourth-order valence-electron chi connectivity index (χ4n) is 1.10. The van der Waals surface area contributed by atoms with Crippen molar-refractivity contribution >= 4 is 6.41 Å². The SMILES string of the molecule is CN(C=O)CC(O)c1ccccc1. The first-order valence-corrected chi connectivity index (χ1v) is 4.12. The molecular weight excluding hydrogens is 166 g/mol. The molecule has 0 aromatic heterocycles. The Kier molecular flexibility index (Phi) is 3.46. The molecule has 0 aliphatic heterocycles. The zero-order chi connectivity index (χ0) is 9.68. The molecule has 70 valence electrons. The van der Waals surface area contributed by atoms with Gasteiger partial charge in [-0.3, -0.25) is 4.79 Å². The quantitative estimate of drug-likeness (QED) is 0.695. The number of amides is 1. The third-order valence-electron chi connectivity index (χ3n) is 1.83. The summed E-state index contributed by atoms with van der Waals surface area (Å²) >= 11 is 0. The first-order valence-electron chi connectivity index (χ1n) is 4.12. The van der Waals surface area contributed by atoms with Gasteiger partial charge in [0.05, 0.1) is 12.6 Å². The smallest absolute Gasteiger partial charge is 0.209 e. The Morgan fingerprint density at radius 3 is 2.62 bits per heavy atom. The Labute approximate surface area is 77.6 Å². The van der Waals surface area contributed by atoms with E-state index in [0.29, 0.717) is 13.0 Å². The number of hydrogen-bond acceptors (Lipinski definition) is 2. The van der Waals surface area contributed by atoms with E-state index in [1.807, 2.05) is 30.3 Å². The van der Waals surface area contributed by atoms with Gasteiger partial charge in [-0.1, -0.05) is 30.3 Å². The maximum absolute atomic E-state index is 10.3. The molecule has 3 nitrogen and oxygen atoms in total. The van der Waals surface area contributed by atoms with Gasteiger partial charge in [0.25, 0.3) is 0 Å². The molecule has 1 unspecified atom stereocenters. The van der Waals surface area contributed by atoms with Crippen molar-refractivity contribution in [3.63, 3.8) is 0 Å². The summed E-state index contributed by atoms with van der Waals surface area (Å²) in [5.41, 5.74) is 0.830. The van der Waals surface area contributed by atoms with Crippen molar-refractivity contribution in [2.45, 2.75) is 6.10 Å². The highest BCUT2D eigenvalue weighted by atomic mass is 16.3. The second-order valence-electron chi connectivity index (χ2n) is 2.97. The zero-order valence-electron chi connectivity index (χ0n) is 7.55. The number of hydrogen-bond donors (Lipinski definition) is 1. The summed E-state index contributed by atoms with van der Waals surface area (Å²) in [6, 6.07) is 9.28. The number of benzene rings is 1. The molecule has 0 aliphatic carbocycles. The van der Waals surface area contributed by atoms with Gasteiger partial charge < -0.3 is 10.0 Å². The highest BCUT2D eigenvalue weighted by Gasteiger charge is 2.08. The van der Waals surface area contributed by atoms with Crippen LogP contribution in [0.15, 0.2) is 30.3 Å². The molecule has 0 fully saturated rings. The Bertz CT molecular complexity index is 261. The van der Waals surface area contributed by atoms with E-state index in [-0.39, 0.29) is 0 Å². The lowest BCUT2D eigenvalue weighted by molar-refractivity contribution is -0.118. The van der Waals surface area contributed by atoms with E-state index in [9.17, 15) is 9.90 Å². The zero-order valence-corrected chi connectivity index (χ0v) is 7.55. The van der Waals surface area contributed by atoms with Crippen molar-refractivity contribution in [2.24, 2.45) is 0 Å². The van der Waals surface area contributed by atoms with E-state index >= 15 is 0 Å². The Morgan fingerprint density at radius 1 is 1.46 bits per heavy atom. The standard InChI is InChI=1S/C10H13NO2/c1-11(8-12)7-10(13)9-5-3-2-4-6-9/h2-6,8,10,13H,7H2,1H3. The third-order valence-corrected chi connectivity index (χ3v) is 1.83. The third kappa shape index (κ3) is 2.87. The van der Waals surface area contributed by atoms with Crippen LogP contribution in [0.2, 0.25) is 0 Å². The molecule has 0 radical (unpaired) electrons. The second-order valence-corrected chi connectivity index (χ2v) is 2.97. The lowest BCUT2D eigenvalue weighted by atomic mass is 10.1. The summed E-state index contributed by atoms with van der Waals surface area (Å²) in [5.74, 6) is 0. The van der Waals surface area contributed by atoms with Crippen LogP contribution in [0.4, 0.5) is 0 Å².